The molecule has 0 amide bonds. The van der Waals surface area contributed by atoms with Gasteiger partial charge in [-0.3, -0.25) is 9.80 Å². The molecule has 0 saturated carbocycles. The number of ether oxygens (including phenoxy) is 1. The summed E-state index contributed by atoms with van der Waals surface area (Å²) in [5.41, 5.74) is 0. The van der Waals surface area contributed by atoms with Crippen LogP contribution < -0.4 is 5.32 Å². The third-order valence-electron chi connectivity index (χ3n) is 3.21. The molecule has 4 nitrogen and oxygen atoms in total. The summed E-state index contributed by atoms with van der Waals surface area (Å²) in [4.78, 5) is 4.93. The maximum atomic E-state index is 5.32. The van der Waals surface area contributed by atoms with Crippen molar-refractivity contribution in [2.75, 3.05) is 65.6 Å². The summed E-state index contributed by atoms with van der Waals surface area (Å²) in [5.74, 6) is 0. The highest BCUT2D eigenvalue weighted by atomic mass is 16.5. The first kappa shape index (κ1) is 12.0. The Morgan fingerprint density at radius 2 is 1.44 bits per heavy atom. The Balaban J connectivity index is 1.57. The van der Waals surface area contributed by atoms with Gasteiger partial charge in [-0.05, 0) is 0 Å². The SMILES string of the molecule is C(=CCN1CCOCC1)CN1CCNCC1. The minimum Gasteiger partial charge on any atom is -0.379 e. The van der Waals surface area contributed by atoms with Crippen LogP contribution in [0.3, 0.4) is 0 Å². The highest BCUT2D eigenvalue weighted by Gasteiger charge is 2.08. The highest BCUT2D eigenvalue weighted by Crippen LogP contribution is 1.97. The van der Waals surface area contributed by atoms with Gasteiger partial charge in [0.2, 0.25) is 0 Å². The van der Waals surface area contributed by atoms with Crippen LogP contribution in [0.1, 0.15) is 0 Å². The van der Waals surface area contributed by atoms with E-state index in [0.29, 0.717) is 0 Å². The summed E-state index contributed by atoms with van der Waals surface area (Å²) in [5, 5.41) is 3.37. The molecule has 0 atom stereocenters. The van der Waals surface area contributed by atoms with Gasteiger partial charge in [-0.15, -0.1) is 0 Å². The molecule has 2 fully saturated rings. The van der Waals surface area contributed by atoms with Gasteiger partial charge in [0, 0.05) is 52.4 Å². The molecule has 1 N–H and O–H groups in total. The minimum atomic E-state index is 0.894. The van der Waals surface area contributed by atoms with Crippen molar-refractivity contribution in [3.8, 4) is 0 Å². The molecule has 0 aromatic carbocycles. The number of hydrogen-bond acceptors (Lipinski definition) is 4. The van der Waals surface area contributed by atoms with Crippen molar-refractivity contribution >= 4 is 0 Å². The fourth-order valence-corrected chi connectivity index (χ4v) is 2.12. The number of hydrogen-bond donors (Lipinski definition) is 1. The number of rotatable bonds is 4. The molecule has 2 aliphatic rings. The van der Waals surface area contributed by atoms with E-state index in [9.17, 15) is 0 Å². The summed E-state index contributed by atoms with van der Waals surface area (Å²) in [7, 11) is 0. The van der Waals surface area contributed by atoms with E-state index in [1.54, 1.807) is 0 Å². The van der Waals surface area contributed by atoms with E-state index in [4.69, 9.17) is 4.74 Å². The summed E-state index contributed by atoms with van der Waals surface area (Å²) in [6, 6.07) is 0. The van der Waals surface area contributed by atoms with E-state index in [2.05, 4.69) is 27.3 Å². The van der Waals surface area contributed by atoms with E-state index in [-0.39, 0.29) is 0 Å². The molecule has 0 bridgehead atoms. The van der Waals surface area contributed by atoms with Crippen molar-refractivity contribution in [3.05, 3.63) is 12.2 Å². The first-order chi connectivity index (χ1) is 7.95. The van der Waals surface area contributed by atoms with Gasteiger partial charge in [0.1, 0.15) is 0 Å². The maximum Gasteiger partial charge on any atom is 0.0594 e. The summed E-state index contributed by atoms with van der Waals surface area (Å²) in [6.07, 6.45) is 4.61. The van der Waals surface area contributed by atoms with Gasteiger partial charge in [-0.1, -0.05) is 12.2 Å². The lowest BCUT2D eigenvalue weighted by atomic mass is 10.3. The van der Waals surface area contributed by atoms with Crippen LogP contribution in [-0.2, 0) is 4.74 Å². The van der Waals surface area contributed by atoms with Crippen molar-refractivity contribution in [2.24, 2.45) is 0 Å². The van der Waals surface area contributed by atoms with Crippen molar-refractivity contribution in [2.45, 2.75) is 0 Å². The second-order valence-electron chi connectivity index (χ2n) is 4.43. The van der Waals surface area contributed by atoms with Crippen molar-refractivity contribution in [3.63, 3.8) is 0 Å². The lowest BCUT2D eigenvalue weighted by Crippen LogP contribution is -2.43. The number of nitrogens with one attached hydrogen (secondary N) is 1. The molecular weight excluding hydrogens is 202 g/mol. The Bertz CT molecular complexity index is 186. The third-order valence-corrected chi connectivity index (χ3v) is 3.21. The molecule has 2 saturated heterocycles. The molecule has 0 aliphatic carbocycles. The molecule has 16 heavy (non-hydrogen) atoms. The van der Waals surface area contributed by atoms with Crippen LogP contribution >= 0.6 is 0 Å². The van der Waals surface area contributed by atoms with Gasteiger partial charge >= 0.3 is 0 Å². The average Bonchev–Trinajstić information content (AvgIpc) is 2.37. The molecule has 2 aliphatic heterocycles. The topological polar surface area (TPSA) is 27.7 Å². The predicted molar refractivity (Wildman–Crippen MR) is 65.7 cm³/mol. The van der Waals surface area contributed by atoms with Gasteiger partial charge in [0.15, 0.2) is 0 Å². The largest absolute Gasteiger partial charge is 0.379 e. The number of morpholine rings is 1. The Kier molecular flexibility index (Phi) is 5.28. The van der Waals surface area contributed by atoms with E-state index in [1.165, 1.54) is 13.1 Å². The first-order valence-electron chi connectivity index (χ1n) is 6.33. The zero-order chi connectivity index (χ0) is 11.1. The van der Waals surface area contributed by atoms with Gasteiger partial charge in [-0.25, -0.2) is 0 Å². The van der Waals surface area contributed by atoms with Gasteiger partial charge < -0.3 is 10.1 Å². The molecular formula is C12H23N3O. The molecule has 4 heteroatoms. The van der Waals surface area contributed by atoms with Crippen LogP contribution in [0.15, 0.2) is 12.2 Å². The van der Waals surface area contributed by atoms with Crippen molar-refractivity contribution in [1.29, 1.82) is 0 Å². The normalized spacial score (nSPS) is 25.2. The molecule has 0 radical (unpaired) electrons. The lowest BCUT2D eigenvalue weighted by Gasteiger charge is -2.26. The van der Waals surface area contributed by atoms with Crippen LogP contribution in [0.5, 0.6) is 0 Å². The van der Waals surface area contributed by atoms with Gasteiger partial charge in [0.25, 0.3) is 0 Å². The standard InChI is InChI=1S/C12H23N3O/c1(5-14-7-3-13-4-8-14)2-6-15-9-11-16-12-10-15/h1-2,13H,3-12H2. The quantitative estimate of drug-likeness (QED) is 0.670. The molecule has 0 spiro atoms. The molecule has 0 aromatic heterocycles. The Hall–Kier alpha value is -0.420. The fraction of sp³-hybridized carbons (Fsp3) is 0.833. The molecule has 2 rings (SSSR count). The summed E-state index contributed by atoms with van der Waals surface area (Å²) in [6.45, 7) is 10.8. The van der Waals surface area contributed by atoms with Gasteiger partial charge in [-0.2, -0.15) is 0 Å². The molecule has 0 aromatic rings. The predicted octanol–water partition coefficient (Wildman–Crippen LogP) is -0.220. The van der Waals surface area contributed by atoms with Crippen LogP contribution in [0.25, 0.3) is 0 Å². The maximum absolute atomic E-state index is 5.32. The van der Waals surface area contributed by atoms with E-state index >= 15 is 0 Å². The zero-order valence-corrected chi connectivity index (χ0v) is 10.0. The van der Waals surface area contributed by atoms with E-state index < -0.39 is 0 Å². The third kappa shape index (κ3) is 4.22. The molecule has 2 heterocycles. The second-order valence-corrected chi connectivity index (χ2v) is 4.43. The highest BCUT2D eigenvalue weighted by molar-refractivity contribution is 4.89. The Morgan fingerprint density at radius 3 is 2.06 bits per heavy atom. The lowest BCUT2D eigenvalue weighted by molar-refractivity contribution is 0.0434. The summed E-state index contributed by atoms with van der Waals surface area (Å²) < 4.78 is 5.32. The second kappa shape index (κ2) is 7.01. The Morgan fingerprint density at radius 1 is 0.875 bits per heavy atom. The average molecular weight is 225 g/mol. The fourth-order valence-electron chi connectivity index (χ4n) is 2.12. The van der Waals surface area contributed by atoms with E-state index in [0.717, 1.165) is 52.5 Å². The number of piperazine rings is 1. The summed E-state index contributed by atoms with van der Waals surface area (Å²) >= 11 is 0. The Labute approximate surface area is 98.2 Å². The van der Waals surface area contributed by atoms with Crippen molar-refractivity contribution in [1.82, 2.24) is 15.1 Å². The monoisotopic (exact) mass is 225 g/mol. The van der Waals surface area contributed by atoms with Crippen LogP contribution in [-0.4, -0.2) is 75.4 Å². The minimum absolute atomic E-state index is 0.894. The smallest absolute Gasteiger partial charge is 0.0594 e. The van der Waals surface area contributed by atoms with E-state index in [1.807, 2.05) is 0 Å². The van der Waals surface area contributed by atoms with Crippen molar-refractivity contribution < 1.29 is 4.74 Å². The van der Waals surface area contributed by atoms with Crippen LogP contribution in [0, 0.1) is 0 Å². The van der Waals surface area contributed by atoms with Crippen LogP contribution in [0.4, 0.5) is 0 Å². The van der Waals surface area contributed by atoms with Crippen LogP contribution in [0.2, 0.25) is 0 Å². The molecule has 92 valence electrons. The molecule has 0 unspecified atom stereocenters. The zero-order valence-electron chi connectivity index (χ0n) is 10.0. The number of nitrogens with zero attached hydrogens (tertiary/aromatic N) is 2. The first-order valence-corrected chi connectivity index (χ1v) is 6.33. The van der Waals surface area contributed by atoms with Gasteiger partial charge in [0.05, 0.1) is 13.2 Å².